The Balaban J connectivity index is 1.34. The zero-order valence-corrected chi connectivity index (χ0v) is 14.7. The number of carbonyl (C=O) groups excluding carboxylic acids is 1. The average Bonchev–Trinajstić information content (AvgIpc) is 3.29. The Bertz CT molecular complexity index is 1210. The van der Waals surface area contributed by atoms with Crippen LogP contribution in [0, 0.1) is 0 Å². The molecule has 0 spiro atoms. The van der Waals surface area contributed by atoms with Gasteiger partial charge in [-0.2, -0.15) is 0 Å². The lowest BCUT2D eigenvalue weighted by Crippen LogP contribution is -2.22. The predicted molar refractivity (Wildman–Crippen MR) is 102 cm³/mol. The lowest BCUT2D eigenvalue weighted by atomic mass is 9.98. The molecule has 8 nitrogen and oxygen atoms in total. The van der Waals surface area contributed by atoms with Crippen molar-refractivity contribution in [2.24, 2.45) is 0 Å². The van der Waals surface area contributed by atoms with Crippen molar-refractivity contribution < 1.29 is 14.5 Å². The summed E-state index contributed by atoms with van der Waals surface area (Å²) in [6, 6.07) is 16.2. The summed E-state index contributed by atoms with van der Waals surface area (Å²) in [5.41, 5.74) is 4.84. The number of hydrogen-bond acceptors (Lipinski definition) is 4. The van der Waals surface area contributed by atoms with Crippen molar-refractivity contribution in [3.63, 3.8) is 0 Å². The summed E-state index contributed by atoms with van der Waals surface area (Å²) >= 11 is 0. The van der Waals surface area contributed by atoms with E-state index in [1.165, 1.54) is 6.33 Å². The average molecular weight is 374 g/mol. The van der Waals surface area contributed by atoms with E-state index in [2.05, 4.69) is 49.5 Å². The minimum Gasteiger partial charge on any atom is -0.448 e. The maximum Gasteiger partial charge on any atom is 0.415 e. The van der Waals surface area contributed by atoms with Gasteiger partial charge >= 0.3 is 11.7 Å². The number of rotatable bonds is 3. The highest BCUT2D eigenvalue weighted by Gasteiger charge is 2.29. The van der Waals surface area contributed by atoms with E-state index < -0.39 is 6.09 Å². The molecule has 2 aromatic heterocycles. The van der Waals surface area contributed by atoms with E-state index >= 15 is 0 Å². The molecule has 0 fully saturated rings. The van der Waals surface area contributed by atoms with Crippen molar-refractivity contribution in [1.82, 2.24) is 15.0 Å². The highest BCUT2D eigenvalue weighted by atomic mass is 16.5. The van der Waals surface area contributed by atoms with Crippen LogP contribution >= 0.6 is 0 Å². The minimum absolute atomic E-state index is 0.0190. The predicted octanol–water partition coefficient (Wildman–Crippen LogP) is 2.43. The number of aromatic amines is 3. The number of benzene rings is 2. The first-order chi connectivity index (χ1) is 13.7. The third kappa shape index (κ3) is 2.62. The van der Waals surface area contributed by atoms with Crippen molar-refractivity contribution in [3.8, 4) is 11.1 Å². The summed E-state index contributed by atoms with van der Waals surface area (Å²) in [5, 5.41) is 2.47. The van der Waals surface area contributed by atoms with Crippen LogP contribution in [0.5, 0.6) is 0 Å². The van der Waals surface area contributed by atoms with Crippen LogP contribution in [-0.2, 0) is 4.74 Å². The summed E-state index contributed by atoms with van der Waals surface area (Å²) in [4.78, 5) is 36.4. The largest absolute Gasteiger partial charge is 0.448 e. The molecular formula is C20H16N5O3+. The number of H-pyrrole nitrogens is 3. The van der Waals surface area contributed by atoms with Crippen molar-refractivity contribution in [2.75, 3.05) is 11.9 Å². The molecule has 1 amide bonds. The lowest BCUT2D eigenvalue weighted by molar-refractivity contribution is -0.347. The lowest BCUT2D eigenvalue weighted by Gasteiger charge is -2.13. The maximum atomic E-state index is 12.3. The number of amides is 1. The Kier molecular flexibility index (Phi) is 3.68. The summed E-state index contributed by atoms with van der Waals surface area (Å²) < 4.78 is 5.45. The van der Waals surface area contributed by atoms with Gasteiger partial charge in [-0.15, -0.1) is 0 Å². The summed E-state index contributed by atoms with van der Waals surface area (Å²) in [6.45, 7) is 0.183. The molecule has 0 radical (unpaired) electrons. The normalized spacial score (nSPS) is 12.6. The van der Waals surface area contributed by atoms with Crippen LogP contribution in [0.3, 0.4) is 0 Å². The number of carbonyl (C=O) groups is 1. The molecule has 0 saturated carbocycles. The highest BCUT2D eigenvalue weighted by molar-refractivity contribution is 5.84. The van der Waals surface area contributed by atoms with Gasteiger partial charge in [-0.1, -0.05) is 53.5 Å². The number of nitrogens with one attached hydrogen (secondary N) is 4. The first-order valence-corrected chi connectivity index (χ1v) is 8.82. The van der Waals surface area contributed by atoms with Gasteiger partial charge in [0.2, 0.25) is 5.52 Å². The summed E-state index contributed by atoms with van der Waals surface area (Å²) in [7, 11) is 0. The number of ether oxygens (including phenoxy) is 1. The molecule has 0 atom stereocenters. The van der Waals surface area contributed by atoms with E-state index in [4.69, 9.17) is 4.74 Å². The molecule has 138 valence electrons. The van der Waals surface area contributed by atoms with E-state index in [9.17, 15) is 9.59 Å². The number of hydrogen-bond donors (Lipinski definition) is 3. The molecule has 5 rings (SSSR count). The molecular weight excluding hydrogens is 358 g/mol. The van der Waals surface area contributed by atoms with E-state index in [0.29, 0.717) is 11.2 Å². The van der Waals surface area contributed by atoms with Crippen LogP contribution in [0.1, 0.15) is 17.0 Å². The summed E-state index contributed by atoms with van der Waals surface area (Å²) in [5.74, 6) is -0.0174. The zero-order valence-electron chi connectivity index (χ0n) is 14.7. The fraction of sp³-hybridized carbons (Fsp3) is 0.100. The number of fused-ring (bicyclic) bond motifs is 4. The van der Waals surface area contributed by atoms with Crippen molar-refractivity contribution >= 4 is 23.2 Å². The molecule has 4 N–H and O–H groups in total. The fourth-order valence-electron chi connectivity index (χ4n) is 3.68. The zero-order chi connectivity index (χ0) is 19.1. The molecule has 8 heteroatoms. The first-order valence-electron chi connectivity index (χ1n) is 8.82. The number of aromatic nitrogens is 4. The molecule has 0 aliphatic heterocycles. The monoisotopic (exact) mass is 374 g/mol. The molecule has 0 saturated heterocycles. The molecule has 1 aliphatic rings. The second kappa shape index (κ2) is 6.34. The van der Waals surface area contributed by atoms with Gasteiger partial charge in [0.15, 0.2) is 6.33 Å². The topological polar surface area (TPSA) is 114 Å². The first kappa shape index (κ1) is 16.2. The molecule has 0 bridgehead atoms. The second-order valence-corrected chi connectivity index (χ2v) is 6.52. The molecule has 4 aromatic rings. The summed E-state index contributed by atoms with van der Waals surface area (Å²) in [6.07, 6.45) is 0.809. The van der Waals surface area contributed by atoms with Crippen LogP contribution in [-0.4, -0.2) is 27.7 Å². The van der Waals surface area contributed by atoms with Gasteiger partial charge in [-0.3, -0.25) is 14.8 Å². The van der Waals surface area contributed by atoms with E-state index in [1.54, 1.807) is 0 Å². The number of nitrogens with zero attached hydrogens (tertiary/aromatic N) is 1. The van der Waals surface area contributed by atoms with Crippen LogP contribution < -0.4 is 15.9 Å². The molecule has 1 aliphatic carbocycles. The standard InChI is InChI=1S/C20H15N5O3/c26-18-16-17(22-10-21-16)23-19(24-18)25-20(27)28-9-15-13-7-3-1-5-11(13)12-6-2-4-8-14(12)15/h1-8,10,15H,9H2,(H3,21,22,23,24,25,26,27)/p+1. The Hall–Kier alpha value is -3.94. The van der Waals surface area contributed by atoms with E-state index in [-0.39, 0.29) is 24.0 Å². The van der Waals surface area contributed by atoms with Crippen LogP contribution in [0.4, 0.5) is 10.7 Å². The molecule has 2 aromatic carbocycles. The van der Waals surface area contributed by atoms with Gasteiger partial charge in [-0.25, -0.2) is 15.1 Å². The Morgan fingerprint density at radius 3 is 2.50 bits per heavy atom. The fourth-order valence-corrected chi connectivity index (χ4v) is 3.68. The smallest absolute Gasteiger partial charge is 0.415 e. The van der Waals surface area contributed by atoms with Gasteiger partial charge in [0.1, 0.15) is 6.61 Å². The van der Waals surface area contributed by atoms with Crippen molar-refractivity contribution in [3.05, 3.63) is 76.3 Å². The minimum atomic E-state index is -0.681. The van der Waals surface area contributed by atoms with Crippen LogP contribution in [0.2, 0.25) is 0 Å². The maximum absolute atomic E-state index is 12.3. The van der Waals surface area contributed by atoms with Crippen molar-refractivity contribution in [1.29, 1.82) is 0 Å². The Morgan fingerprint density at radius 1 is 1.11 bits per heavy atom. The van der Waals surface area contributed by atoms with Crippen molar-refractivity contribution in [2.45, 2.75) is 5.92 Å². The number of imidazole rings is 1. The van der Waals surface area contributed by atoms with Gasteiger partial charge < -0.3 is 4.74 Å². The number of anilines is 1. The third-order valence-electron chi connectivity index (χ3n) is 4.91. The van der Waals surface area contributed by atoms with Crippen LogP contribution in [0.15, 0.2) is 59.7 Å². The Labute approximate surface area is 158 Å². The van der Waals surface area contributed by atoms with Gasteiger partial charge in [0, 0.05) is 5.92 Å². The SMILES string of the molecule is O=C(Nc1nc2[nH+]c[nH]c2c(=O)[nH]1)OCC1c2ccccc2-c2ccccc21. The molecule has 0 unspecified atom stereocenters. The quantitative estimate of drug-likeness (QED) is 0.511. The van der Waals surface area contributed by atoms with Gasteiger partial charge in [0.05, 0.1) is 0 Å². The molecule has 28 heavy (non-hydrogen) atoms. The highest BCUT2D eigenvalue weighted by Crippen LogP contribution is 2.44. The van der Waals surface area contributed by atoms with E-state index in [0.717, 1.165) is 22.3 Å². The van der Waals surface area contributed by atoms with Gasteiger partial charge in [0.25, 0.3) is 11.5 Å². The second-order valence-electron chi connectivity index (χ2n) is 6.52. The van der Waals surface area contributed by atoms with Crippen LogP contribution in [0.25, 0.3) is 22.3 Å². The molecule has 2 heterocycles. The Morgan fingerprint density at radius 2 is 1.79 bits per heavy atom. The third-order valence-corrected chi connectivity index (χ3v) is 4.91. The van der Waals surface area contributed by atoms with Gasteiger partial charge in [-0.05, 0) is 22.3 Å². The van der Waals surface area contributed by atoms with E-state index in [1.807, 2.05) is 24.3 Å².